The van der Waals surface area contributed by atoms with Gasteiger partial charge in [-0.2, -0.15) is 0 Å². The van der Waals surface area contributed by atoms with Gasteiger partial charge in [-0.05, 0) is 43.2 Å². The number of hydrogen-bond donors (Lipinski definition) is 0. The van der Waals surface area contributed by atoms with Gasteiger partial charge >= 0.3 is 11.9 Å². The molecule has 2 aromatic rings. The third-order valence-electron chi connectivity index (χ3n) is 4.47. The summed E-state index contributed by atoms with van der Waals surface area (Å²) < 4.78 is 15.9. The van der Waals surface area contributed by atoms with Crippen molar-refractivity contribution in [3.8, 4) is 11.5 Å². The van der Waals surface area contributed by atoms with Gasteiger partial charge in [0.2, 0.25) is 0 Å². The number of benzene rings is 2. The second-order valence-electron chi connectivity index (χ2n) is 6.46. The number of ether oxygens (including phenoxy) is 3. The van der Waals surface area contributed by atoms with Crippen LogP contribution in [-0.4, -0.2) is 25.7 Å². The lowest BCUT2D eigenvalue weighted by Gasteiger charge is -2.16. The van der Waals surface area contributed by atoms with E-state index >= 15 is 0 Å². The summed E-state index contributed by atoms with van der Waals surface area (Å²) >= 11 is 0. The molecule has 0 saturated carbocycles. The minimum absolute atomic E-state index is 0.225. The van der Waals surface area contributed by atoms with Crippen LogP contribution in [0.5, 0.6) is 11.5 Å². The van der Waals surface area contributed by atoms with Crippen LogP contribution in [0.15, 0.2) is 48.5 Å². The van der Waals surface area contributed by atoms with Crippen molar-refractivity contribution in [2.75, 3.05) is 13.7 Å². The fraction of sp³-hybridized carbons (Fsp3) is 0.391. The summed E-state index contributed by atoms with van der Waals surface area (Å²) in [7, 11) is 1.42. The van der Waals surface area contributed by atoms with E-state index in [0.29, 0.717) is 23.7 Å². The van der Waals surface area contributed by atoms with Crippen molar-refractivity contribution in [2.24, 2.45) is 0 Å². The van der Waals surface area contributed by atoms with Crippen LogP contribution in [0.3, 0.4) is 0 Å². The summed E-state index contributed by atoms with van der Waals surface area (Å²) in [6, 6.07) is 14.3. The monoisotopic (exact) mass is 384 g/mol. The topological polar surface area (TPSA) is 61.8 Å². The van der Waals surface area contributed by atoms with Gasteiger partial charge in [0, 0.05) is 0 Å². The highest BCUT2D eigenvalue weighted by Crippen LogP contribution is 2.29. The van der Waals surface area contributed by atoms with E-state index < -0.39 is 5.97 Å². The Morgan fingerprint density at radius 1 is 0.964 bits per heavy atom. The van der Waals surface area contributed by atoms with Crippen LogP contribution < -0.4 is 4.74 Å². The van der Waals surface area contributed by atoms with Crippen LogP contribution in [-0.2, 0) is 14.3 Å². The minimum Gasteiger partial charge on any atom is -0.469 e. The van der Waals surface area contributed by atoms with Crippen molar-refractivity contribution in [3.63, 3.8) is 0 Å². The molecule has 0 heterocycles. The van der Waals surface area contributed by atoms with E-state index in [-0.39, 0.29) is 11.9 Å². The molecule has 150 valence electrons. The van der Waals surface area contributed by atoms with E-state index in [4.69, 9.17) is 14.2 Å². The highest BCUT2D eigenvalue weighted by molar-refractivity contribution is 5.92. The Balaban J connectivity index is 2.16. The first-order valence-corrected chi connectivity index (χ1v) is 9.72. The van der Waals surface area contributed by atoms with Gasteiger partial charge in [-0.25, -0.2) is 4.79 Å². The fourth-order valence-corrected chi connectivity index (χ4v) is 2.99. The Kier molecular flexibility index (Phi) is 8.53. The quantitative estimate of drug-likeness (QED) is 0.400. The van der Waals surface area contributed by atoms with Crippen LogP contribution >= 0.6 is 0 Å². The van der Waals surface area contributed by atoms with Crippen LogP contribution in [0.4, 0.5) is 0 Å². The maximum absolute atomic E-state index is 12.2. The molecule has 2 aromatic carbocycles. The van der Waals surface area contributed by atoms with Crippen LogP contribution in [0.2, 0.25) is 0 Å². The van der Waals surface area contributed by atoms with Gasteiger partial charge in [0.05, 0.1) is 19.6 Å². The molecule has 0 fully saturated rings. The highest BCUT2D eigenvalue weighted by Gasteiger charge is 2.21. The maximum atomic E-state index is 12.2. The zero-order chi connectivity index (χ0) is 20.4. The van der Waals surface area contributed by atoms with Crippen LogP contribution in [0, 0.1) is 0 Å². The second kappa shape index (κ2) is 11.1. The first kappa shape index (κ1) is 21.5. The number of esters is 2. The number of methoxy groups -OCH3 is 1. The summed E-state index contributed by atoms with van der Waals surface area (Å²) in [5.74, 6) is 0.0880. The third-order valence-corrected chi connectivity index (χ3v) is 4.47. The first-order chi connectivity index (χ1) is 13.6. The van der Waals surface area contributed by atoms with Gasteiger partial charge in [-0.15, -0.1) is 0 Å². The summed E-state index contributed by atoms with van der Waals surface area (Å²) in [4.78, 5) is 24.2. The Hall–Kier alpha value is -2.82. The van der Waals surface area contributed by atoms with Crippen molar-refractivity contribution in [3.05, 3.63) is 59.7 Å². The minimum atomic E-state index is -0.420. The van der Waals surface area contributed by atoms with Crippen LogP contribution in [0.1, 0.15) is 61.4 Å². The molecule has 5 heteroatoms. The molecule has 0 aromatic heterocycles. The normalized spacial score (nSPS) is 11.5. The third kappa shape index (κ3) is 5.84. The molecule has 0 saturated heterocycles. The lowest BCUT2D eigenvalue weighted by Crippen LogP contribution is -2.14. The number of unbranched alkanes of at least 4 members (excludes halogenated alkanes) is 2. The molecule has 1 atom stereocenters. The number of carbonyl (C=O) groups excluding carboxylic acids is 2. The van der Waals surface area contributed by atoms with Crippen molar-refractivity contribution >= 4 is 11.9 Å². The van der Waals surface area contributed by atoms with E-state index in [9.17, 15) is 9.59 Å². The molecule has 1 unspecified atom stereocenters. The molecule has 0 spiro atoms. The smallest absolute Gasteiger partial charge is 0.341 e. The number of carbonyl (C=O) groups is 2. The second-order valence-corrected chi connectivity index (χ2v) is 6.46. The van der Waals surface area contributed by atoms with E-state index in [2.05, 4.69) is 6.92 Å². The molecule has 0 amide bonds. The van der Waals surface area contributed by atoms with Gasteiger partial charge < -0.3 is 14.2 Å². The predicted molar refractivity (Wildman–Crippen MR) is 108 cm³/mol. The Morgan fingerprint density at radius 2 is 1.68 bits per heavy atom. The Bertz CT molecular complexity index is 767. The van der Waals surface area contributed by atoms with Gasteiger partial charge in [0.15, 0.2) is 0 Å². The molecule has 5 nitrogen and oxygen atoms in total. The molecule has 0 radical (unpaired) electrons. The summed E-state index contributed by atoms with van der Waals surface area (Å²) in [5.41, 5.74) is 1.27. The van der Waals surface area contributed by atoms with E-state index in [1.807, 2.05) is 12.1 Å². The molecular weight excluding hydrogens is 356 g/mol. The van der Waals surface area contributed by atoms with Crippen molar-refractivity contribution in [1.29, 1.82) is 0 Å². The highest BCUT2D eigenvalue weighted by atomic mass is 16.5. The zero-order valence-corrected chi connectivity index (χ0v) is 16.8. The van der Waals surface area contributed by atoms with E-state index in [1.54, 1.807) is 43.3 Å². The molecule has 0 N–H and O–H groups in total. The van der Waals surface area contributed by atoms with Crippen molar-refractivity contribution in [1.82, 2.24) is 0 Å². The van der Waals surface area contributed by atoms with Gasteiger partial charge in [0.25, 0.3) is 0 Å². The summed E-state index contributed by atoms with van der Waals surface area (Å²) in [5, 5.41) is 0. The molecule has 0 aliphatic heterocycles. The molecule has 2 rings (SSSR count). The average Bonchev–Trinajstić information content (AvgIpc) is 2.72. The van der Waals surface area contributed by atoms with E-state index in [1.165, 1.54) is 7.11 Å². The van der Waals surface area contributed by atoms with Crippen LogP contribution in [0.25, 0.3) is 0 Å². The van der Waals surface area contributed by atoms with Gasteiger partial charge in [-0.3, -0.25) is 4.79 Å². The first-order valence-electron chi connectivity index (χ1n) is 9.72. The van der Waals surface area contributed by atoms with Crippen molar-refractivity contribution in [2.45, 2.75) is 45.4 Å². The lowest BCUT2D eigenvalue weighted by molar-refractivity contribution is -0.142. The predicted octanol–water partition coefficient (Wildman–Crippen LogP) is 5.49. The number of rotatable bonds is 10. The Morgan fingerprint density at radius 3 is 2.32 bits per heavy atom. The summed E-state index contributed by atoms with van der Waals surface area (Å²) in [6.45, 7) is 4.19. The van der Waals surface area contributed by atoms with Gasteiger partial charge in [0.1, 0.15) is 17.1 Å². The standard InChI is InChI=1S/C23H28O5/c1-4-6-7-10-19(22(24)26-3)17-13-15-18(16-14-17)28-21-12-9-8-11-20(21)23(25)27-5-2/h8-9,11-16,19H,4-7,10H2,1-3H3. The molecule has 0 bridgehead atoms. The van der Waals surface area contributed by atoms with Gasteiger partial charge in [-0.1, -0.05) is 50.5 Å². The zero-order valence-electron chi connectivity index (χ0n) is 16.8. The lowest BCUT2D eigenvalue weighted by atomic mass is 9.93. The average molecular weight is 384 g/mol. The Labute approximate surface area is 166 Å². The fourth-order valence-electron chi connectivity index (χ4n) is 2.99. The SMILES string of the molecule is CCCCCC(C(=O)OC)c1ccc(Oc2ccccc2C(=O)OCC)cc1. The number of para-hydroxylation sites is 1. The number of hydrogen-bond acceptors (Lipinski definition) is 5. The molecule has 0 aliphatic carbocycles. The molecular formula is C23H28O5. The maximum Gasteiger partial charge on any atom is 0.341 e. The molecule has 0 aliphatic rings. The van der Waals surface area contributed by atoms with E-state index in [0.717, 1.165) is 31.2 Å². The largest absolute Gasteiger partial charge is 0.469 e. The van der Waals surface area contributed by atoms with Crippen molar-refractivity contribution < 1.29 is 23.8 Å². The molecule has 28 heavy (non-hydrogen) atoms. The summed E-state index contributed by atoms with van der Waals surface area (Å²) in [6.07, 6.45) is 3.91.